The number of amides is 1. The maximum Gasteiger partial charge on any atom is 0.295 e. The SMILES string of the molecule is O=C1C(=O)N(Cc2cccnc2)[C@@H](c2cccc(Oc3ccccc3)c2)C1=C(O)c1ccc2c(c1)OCCO2. The van der Waals surface area contributed by atoms with Crippen molar-refractivity contribution in [1.29, 1.82) is 0 Å². The van der Waals surface area contributed by atoms with E-state index in [1.54, 1.807) is 54.9 Å². The van der Waals surface area contributed by atoms with Crippen LogP contribution in [0.25, 0.3) is 5.76 Å². The van der Waals surface area contributed by atoms with Crippen LogP contribution in [0.4, 0.5) is 0 Å². The number of Topliss-reactive ketones (excluding diaryl/α,β-unsaturated/α-hetero) is 1. The molecule has 1 saturated heterocycles. The van der Waals surface area contributed by atoms with Gasteiger partial charge in [0.2, 0.25) is 0 Å². The van der Waals surface area contributed by atoms with Crippen LogP contribution in [0.15, 0.2) is 103 Å². The summed E-state index contributed by atoms with van der Waals surface area (Å²) < 4.78 is 17.3. The van der Waals surface area contributed by atoms with Gasteiger partial charge in [-0.15, -0.1) is 0 Å². The number of hydrogen-bond acceptors (Lipinski definition) is 7. The molecule has 194 valence electrons. The summed E-state index contributed by atoms with van der Waals surface area (Å²) in [5.41, 5.74) is 1.70. The minimum atomic E-state index is -0.863. The molecule has 1 N–H and O–H groups in total. The lowest BCUT2D eigenvalue weighted by Gasteiger charge is -2.26. The average molecular weight is 521 g/mol. The molecule has 0 aliphatic carbocycles. The van der Waals surface area contributed by atoms with Crippen LogP contribution in [0.1, 0.15) is 22.7 Å². The van der Waals surface area contributed by atoms with Crippen molar-refractivity contribution in [2.45, 2.75) is 12.6 Å². The van der Waals surface area contributed by atoms with Crippen molar-refractivity contribution in [3.8, 4) is 23.0 Å². The van der Waals surface area contributed by atoms with Gasteiger partial charge in [-0.3, -0.25) is 14.6 Å². The molecule has 4 aromatic rings. The van der Waals surface area contributed by atoms with E-state index in [0.717, 1.165) is 5.56 Å². The molecule has 0 spiro atoms. The third kappa shape index (κ3) is 4.80. The summed E-state index contributed by atoms with van der Waals surface area (Å²) >= 11 is 0. The van der Waals surface area contributed by atoms with Gasteiger partial charge in [-0.2, -0.15) is 0 Å². The van der Waals surface area contributed by atoms with E-state index in [0.29, 0.717) is 47.3 Å². The van der Waals surface area contributed by atoms with Crippen LogP contribution in [-0.4, -0.2) is 39.9 Å². The first kappa shape index (κ1) is 24.2. The van der Waals surface area contributed by atoms with Crippen LogP contribution in [0.5, 0.6) is 23.0 Å². The second-order valence-corrected chi connectivity index (χ2v) is 9.13. The topological polar surface area (TPSA) is 98.2 Å². The molecule has 0 saturated carbocycles. The Morgan fingerprint density at radius 2 is 1.69 bits per heavy atom. The zero-order chi connectivity index (χ0) is 26.8. The number of ether oxygens (including phenoxy) is 3. The Morgan fingerprint density at radius 1 is 0.897 bits per heavy atom. The molecule has 8 heteroatoms. The molecule has 2 aliphatic heterocycles. The fourth-order valence-electron chi connectivity index (χ4n) is 4.80. The normalized spacial score (nSPS) is 17.7. The number of carbonyl (C=O) groups is 2. The van der Waals surface area contributed by atoms with Crippen LogP contribution in [0.2, 0.25) is 0 Å². The van der Waals surface area contributed by atoms with Gasteiger partial charge in [-0.25, -0.2) is 0 Å². The molecule has 0 radical (unpaired) electrons. The number of benzene rings is 3. The predicted molar refractivity (Wildman–Crippen MR) is 142 cm³/mol. The second-order valence-electron chi connectivity index (χ2n) is 9.13. The first-order chi connectivity index (χ1) is 19.1. The van der Waals surface area contributed by atoms with Crippen molar-refractivity contribution in [2.75, 3.05) is 13.2 Å². The highest BCUT2D eigenvalue weighted by Gasteiger charge is 2.46. The number of fused-ring (bicyclic) bond motifs is 1. The van der Waals surface area contributed by atoms with Gasteiger partial charge in [-0.05, 0) is 59.7 Å². The summed E-state index contributed by atoms with van der Waals surface area (Å²) in [4.78, 5) is 32.4. The Morgan fingerprint density at radius 3 is 2.49 bits per heavy atom. The summed E-state index contributed by atoms with van der Waals surface area (Å²) in [6.07, 6.45) is 3.29. The Kier molecular flexibility index (Phi) is 6.42. The van der Waals surface area contributed by atoms with Gasteiger partial charge in [0, 0.05) is 24.5 Å². The Labute approximate surface area is 224 Å². The van der Waals surface area contributed by atoms with Crippen LogP contribution < -0.4 is 14.2 Å². The van der Waals surface area contributed by atoms with Gasteiger partial charge in [0.1, 0.15) is 30.5 Å². The first-order valence-corrected chi connectivity index (χ1v) is 12.5. The lowest BCUT2D eigenvalue weighted by molar-refractivity contribution is -0.140. The molecule has 1 fully saturated rings. The number of aliphatic hydroxyl groups is 1. The smallest absolute Gasteiger partial charge is 0.295 e. The molecule has 3 heterocycles. The lowest BCUT2D eigenvalue weighted by atomic mass is 9.95. The van der Waals surface area contributed by atoms with Gasteiger partial charge >= 0.3 is 0 Å². The summed E-state index contributed by atoms with van der Waals surface area (Å²) in [5, 5.41) is 11.5. The van der Waals surface area contributed by atoms with E-state index in [2.05, 4.69) is 4.98 Å². The quantitative estimate of drug-likeness (QED) is 0.210. The Hall–Kier alpha value is -5.11. The third-order valence-electron chi connectivity index (χ3n) is 6.58. The molecule has 0 bridgehead atoms. The van der Waals surface area contributed by atoms with Crippen LogP contribution in [0, 0.1) is 0 Å². The predicted octanol–water partition coefficient (Wildman–Crippen LogP) is 5.27. The number of carbonyl (C=O) groups excluding carboxylic acids is 2. The van der Waals surface area contributed by atoms with Crippen molar-refractivity contribution in [1.82, 2.24) is 9.88 Å². The van der Waals surface area contributed by atoms with Crippen molar-refractivity contribution >= 4 is 17.4 Å². The lowest BCUT2D eigenvalue weighted by Crippen LogP contribution is -2.29. The average Bonchev–Trinajstić information content (AvgIpc) is 3.22. The molecule has 1 atom stereocenters. The van der Waals surface area contributed by atoms with Crippen LogP contribution in [-0.2, 0) is 16.1 Å². The highest BCUT2D eigenvalue weighted by molar-refractivity contribution is 6.46. The molecular weight excluding hydrogens is 496 g/mol. The van der Waals surface area contributed by atoms with Crippen molar-refractivity contribution in [3.63, 3.8) is 0 Å². The number of aliphatic hydroxyl groups excluding tert-OH is 1. The van der Waals surface area contributed by atoms with E-state index < -0.39 is 17.7 Å². The number of hydrogen-bond donors (Lipinski definition) is 1. The number of rotatable bonds is 6. The minimum absolute atomic E-state index is 0.0163. The van der Waals surface area contributed by atoms with E-state index in [1.165, 1.54) is 4.90 Å². The maximum atomic E-state index is 13.5. The Balaban J connectivity index is 1.45. The zero-order valence-corrected chi connectivity index (χ0v) is 20.8. The van der Waals surface area contributed by atoms with E-state index in [4.69, 9.17) is 14.2 Å². The van der Waals surface area contributed by atoms with Crippen LogP contribution in [0.3, 0.4) is 0 Å². The number of para-hydroxylation sites is 1. The number of aromatic nitrogens is 1. The largest absolute Gasteiger partial charge is 0.507 e. The number of likely N-dealkylation sites (tertiary alicyclic amines) is 1. The number of pyridine rings is 1. The minimum Gasteiger partial charge on any atom is -0.507 e. The molecule has 3 aromatic carbocycles. The number of nitrogens with zero attached hydrogens (tertiary/aromatic N) is 2. The zero-order valence-electron chi connectivity index (χ0n) is 20.8. The van der Waals surface area contributed by atoms with Crippen molar-refractivity contribution < 1.29 is 28.9 Å². The van der Waals surface area contributed by atoms with Gasteiger partial charge < -0.3 is 24.2 Å². The summed E-state index contributed by atoms with van der Waals surface area (Å²) in [7, 11) is 0. The second kappa shape index (κ2) is 10.3. The highest BCUT2D eigenvalue weighted by atomic mass is 16.6. The van der Waals surface area contributed by atoms with Gasteiger partial charge in [0.25, 0.3) is 11.7 Å². The van der Waals surface area contributed by atoms with E-state index in [-0.39, 0.29) is 17.9 Å². The van der Waals surface area contributed by atoms with E-state index in [1.807, 2.05) is 42.5 Å². The van der Waals surface area contributed by atoms with Crippen molar-refractivity contribution in [3.05, 3.63) is 120 Å². The summed E-state index contributed by atoms with van der Waals surface area (Å²) in [5.74, 6) is 0.420. The first-order valence-electron chi connectivity index (χ1n) is 12.5. The fourth-order valence-corrected chi connectivity index (χ4v) is 4.80. The monoisotopic (exact) mass is 520 g/mol. The van der Waals surface area contributed by atoms with E-state index >= 15 is 0 Å². The standard InChI is InChI=1S/C31H24N2O6/c34-29(22-11-12-25-26(17-22)38-15-14-37-25)27-28(33(31(36)30(27)35)19-20-6-5-13-32-18-20)21-7-4-10-24(16-21)39-23-8-2-1-3-9-23/h1-13,16-18,28,34H,14-15,19H2/t28-/m0/s1. The maximum absolute atomic E-state index is 13.5. The Bertz CT molecular complexity index is 1570. The molecular formula is C31H24N2O6. The molecule has 39 heavy (non-hydrogen) atoms. The third-order valence-corrected chi connectivity index (χ3v) is 6.58. The molecule has 1 amide bonds. The summed E-state index contributed by atoms with van der Waals surface area (Å²) in [6.45, 7) is 0.935. The number of ketones is 1. The van der Waals surface area contributed by atoms with Gasteiger partial charge in [0.15, 0.2) is 11.5 Å². The van der Waals surface area contributed by atoms with Gasteiger partial charge in [0.05, 0.1) is 11.6 Å². The molecule has 0 unspecified atom stereocenters. The fraction of sp³-hybridized carbons (Fsp3) is 0.129. The highest BCUT2D eigenvalue weighted by Crippen LogP contribution is 2.42. The van der Waals surface area contributed by atoms with Crippen LogP contribution >= 0.6 is 0 Å². The van der Waals surface area contributed by atoms with Crippen molar-refractivity contribution in [2.24, 2.45) is 0 Å². The molecule has 6 rings (SSSR count). The molecule has 2 aliphatic rings. The molecule has 1 aromatic heterocycles. The van der Waals surface area contributed by atoms with E-state index in [9.17, 15) is 14.7 Å². The van der Waals surface area contributed by atoms with Gasteiger partial charge in [-0.1, -0.05) is 36.4 Å². The molecule has 8 nitrogen and oxygen atoms in total. The summed E-state index contributed by atoms with van der Waals surface area (Å²) in [6, 6.07) is 24.2.